The van der Waals surface area contributed by atoms with Crippen LogP contribution in [0.15, 0.2) is 17.7 Å². The Morgan fingerprint density at radius 3 is 2.09 bits per heavy atom. The third kappa shape index (κ3) is 5.49. The van der Waals surface area contributed by atoms with Crippen LogP contribution in [0.25, 0.3) is 0 Å². The van der Waals surface area contributed by atoms with Gasteiger partial charge in [-0.15, -0.1) is 6.42 Å². The molecule has 0 saturated heterocycles. The SMILES string of the molecule is CC(C)C1=CC[C-]=C1.[F-].[F-].[Zr+3]. The molecule has 0 spiro atoms. The summed E-state index contributed by atoms with van der Waals surface area (Å²) < 4.78 is 0. The zero-order valence-corrected chi connectivity index (χ0v) is 9.15. The third-order valence-corrected chi connectivity index (χ3v) is 1.39. The molecule has 1 radical (unpaired) electrons. The second-order valence-corrected chi connectivity index (χ2v) is 2.41. The van der Waals surface area contributed by atoms with Gasteiger partial charge in [-0.1, -0.05) is 19.8 Å². The van der Waals surface area contributed by atoms with Crippen molar-refractivity contribution in [2.24, 2.45) is 5.92 Å². The Morgan fingerprint density at radius 2 is 1.91 bits per heavy atom. The number of allylic oxidation sites excluding steroid dienone is 4. The Bertz CT molecular complexity index is 139. The van der Waals surface area contributed by atoms with Crippen molar-refractivity contribution in [3.63, 3.8) is 0 Å². The topological polar surface area (TPSA) is 0 Å². The molecule has 0 saturated carbocycles. The minimum Gasteiger partial charge on any atom is -1.00 e. The maximum absolute atomic E-state index is 3.14. The molecule has 0 nitrogen and oxygen atoms in total. The van der Waals surface area contributed by atoms with E-state index in [4.69, 9.17) is 0 Å². The Balaban J connectivity index is -0.000000213. The van der Waals surface area contributed by atoms with Crippen molar-refractivity contribution in [1.82, 2.24) is 0 Å². The molecule has 0 N–H and O–H groups in total. The van der Waals surface area contributed by atoms with Gasteiger partial charge < -0.3 is 9.41 Å². The van der Waals surface area contributed by atoms with Crippen LogP contribution in [0.3, 0.4) is 0 Å². The van der Waals surface area contributed by atoms with Gasteiger partial charge in [-0.3, -0.25) is 6.08 Å². The van der Waals surface area contributed by atoms with Crippen LogP contribution in [0.2, 0.25) is 0 Å². The van der Waals surface area contributed by atoms with E-state index in [0.29, 0.717) is 5.92 Å². The van der Waals surface area contributed by atoms with Crippen LogP contribution in [-0.4, -0.2) is 0 Å². The molecule has 0 aromatic carbocycles. The monoisotopic (exact) mass is 235 g/mol. The quantitative estimate of drug-likeness (QED) is 0.412. The van der Waals surface area contributed by atoms with Gasteiger partial charge in [0.25, 0.3) is 0 Å². The van der Waals surface area contributed by atoms with Crippen molar-refractivity contribution in [3.05, 3.63) is 23.8 Å². The average molecular weight is 236 g/mol. The van der Waals surface area contributed by atoms with Gasteiger partial charge in [0.2, 0.25) is 0 Å². The van der Waals surface area contributed by atoms with Gasteiger partial charge >= 0.3 is 26.2 Å². The molecule has 1 rings (SSSR count). The molecule has 0 atom stereocenters. The summed E-state index contributed by atoms with van der Waals surface area (Å²) >= 11 is 0. The average Bonchev–Trinajstić information content (AvgIpc) is 2.12. The van der Waals surface area contributed by atoms with Crippen LogP contribution in [-0.2, 0) is 26.2 Å². The van der Waals surface area contributed by atoms with E-state index in [1.165, 1.54) is 5.57 Å². The van der Waals surface area contributed by atoms with Crippen LogP contribution in [0, 0.1) is 12.0 Å². The fourth-order valence-corrected chi connectivity index (χ4v) is 0.815. The van der Waals surface area contributed by atoms with Crippen molar-refractivity contribution in [2.75, 3.05) is 0 Å². The summed E-state index contributed by atoms with van der Waals surface area (Å²) in [5.41, 5.74) is 1.44. The molecule has 0 unspecified atom stereocenters. The van der Waals surface area contributed by atoms with Crippen molar-refractivity contribution < 1.29 is 35.6 Å². The third-order valence-electron chi connectivity index (χ3n) is 1.39. The molecule has 11 heavy (non-hydrogen) atoms. The first-order valence-electron chi connectivity index (χ1n) is 3.07. The van der Waals surface area contributed by atoms with Crippen LogP contribution in [0.1, 0.15) is 20.3 Å². The first kappa shape index (κ1) is 17.3. The van der Waals surface area contributed by atoms with Gasteiger partial charge in [-0.2, -0.15) is 11.6 Å². The smallest absolute Gasteiger partial charge is 1.00 e. The number of rotatable bonds is 1. The number of hydrogen-bond donors (Lipinski definition) is 0. The van der Waals surface area contributed by atoms with Crippen LogP contribution in [0.4, 0.5) is 0 Å². The van der Waals surface area contributed by atoms with Crippen LogP contribution in [0.5, 0.6) is 0 Å². The Labute approximate surface area is 85.6 Å². The van der Waals surface area contributed by atoms with Gasteiger partial charge in [0, 0.05) is 0 Å². The van der Waals surface area contributed by atoms with E-state index in [1.807, 2.05) is 0 Å². The summed E-state index contributed by atoms with van der Waals surface area (Å²) in [7, 11) is 0. The molecule has 0 bridgehead atoms. The number of halogens is 2. The molecule has 1 aliphatic carbocycles. The Kier molecular flexibility index (Phi) is 13.1. The standard InChI is InChI=1S/C8H11.2FH.Zr/c1-7(2)8-5-3-4-6-8;;;/h5-7H,3H2,1-2H3;2*1H;/q-1;;;+3/p-2. The molecule has 0 heterocycles. The van der Waals surface area contributed by atoms with E-state index in [2.05, 4.69) is 32.1 Å². The summed E-state index contributed by atoms with van der Waals surface area (Å²) in [5.74, 6) is 0.685. The molecule has 3 heteroatoms. The molecule has 0 amide bonds. The van der Waals surface area contributed by atoms with E-state index in [0.717, 1.165) is 6.42 Å². The van der Waals surface area contributed by atoms with E-state index in [9.17, 15) is 0 Å². The zero-order valence-electron chi connectivity index (χ0n) is 6.70. The molecule has 61 valence electrons. The maximum Gasteiger partial charge on any atom is 3.00 e. The summed E-state index contributed by atoms with van der Waals surface area (Å²) in [4.78, 5) is 0. The van der Waals surface area contributed by atoms with E-state index < -0.39 is 0 Å². The zero-order chi connectivity index (χ0) is 5.98. The summed E-state index contributed by atoms with van der Waals surface area (Å²) in [6.07, 6.45) is 8.47. The summed E-state index contributed by atoms with van der Waals surface area (Å²) in [6.45, 7) is 4.41. The minimum atomic E-state index is 0. The fraction of sp³-hybridized carbons (Fsp3) is 0.500. The van der Waals surface area contributed by atoms with Gasteiger partial charge in [0.15, 0.2) is 0 Å². The van der Waals surface area contributed by atoms with Crippen molar-refractivity contribution in [3.8, 4) is 0 Å². The Hall–Kier alpha value is 0.223. The molecular weight excluding hydrogens is 225 g/mol. The van der Waals surface area contributed by atoms with Crippen LogP contribution < -0.4 is 9.41 Å². The largest absolute Gasteiger partial charge is 3.00 e. The van der Waals surface area contributed by atoms with E-state index >= 15 is 0 Å². The molecule has 0 fully saturated rings. The first-order chi connectivity index (χ1) is 3.80. The minimum absolute atomic E-state index is 0. The summed E-state index contributed by atoms with van der Waals surface area (Å²) in [6, 6.07) is 0. The molecular formula is C8H11F2Zr. The predicted molar refractivity (Wildman–Crippen MR) is 35.4 cm³/mol. The first-order valence-corrected chi connectivity index (χ1v) is 3.07. The number of hydrogen-bond acceptors (Lipinski definition) is 0. The van der Waals surface area contributed by atoms with Crippen molar-refractivity contribution in [1.29, 1.82) is 0 Å². The van der Waals surface area contributed by atoms with E-state index in [-0.39, 0.29) is 35.6 Å². The van der Waals surface area contributed by atoms with Crippen molar-refractivity contribution >= 4 is 0 Å². The molecule has 1 aliphatic rings. The Morgan fingerprint density at radius 1 is 1.36 bits per heavy atom. The predicted octanol–water partition coefficient (Wildman–Crippen LogP) is -3.66. The van der Waals surface area contributed by atoms with Gasteiger partial charge in [-0.05, 0) is 0 Å². The molecule has 0 aliphatic heterocycles. The second-order valence-electron chi connectivity index (χ2n) is 2.41. The van der Waals surface area contributed by atoms with Crippen molar-refractivity contribution in [2.45, 2.75) is 20.3 Å². The normalized spacial score (nSPS) is 12.8. The molecule has 0 aromatic rings. The fourth-order valence-electron chi connectivity index (χ4n) is 0.815. The van der Waals surface area contributed by atoms with E-state index in [1.54, 1.807) is 0 Å². The van der Waals surface area contributed by atoms with Gasteiger partial charge in [-0.25, -0.2) is 6.08 Å². The molecule has 0 aromatic heterocycles. The summed E-state index contributed by atoms with van der Waals surface area (Å²) in [5, 5.41) is 0. The van der Waals surface area contributed by atoms with Crippen LogP contribution >= 0.6 is 0 Å². The second kappa shape index (κ2) is 8.32. The maximum atomic E-state index is 3.14. The van der Waals surface area contributed by atoms with Gasteiger partial charge in [0.1, 0.15) is 0 Å². The van der Waals surface area contributed by atoms with Gasteiger partial charge in [0.05, 0.1) is 0 Å².